The van der Waals surface area contributed by atoms with E-state index in [-0.39, 0.29) is 27.1 Å². The quantitative estimate of drug-likeness (QED) is 0.854. The molecule has 1 amide bonds. The number of carbonyl (C=O) groups excluding carboxylic acids is 1. The van der Waals surface area contributed by atoms with Crippen molar-refractivity contribution < 1.29 is 13.2 Å². The van der Waals surface area contributed by atoms with Gasteiger partial charge in [-0.1, -0.05) is 23.2 Å². The molecule has 0 aliphatic rings. The van der Waals surface area contributed by atoms with E-state index in [1.54, 1.807) is 24.3 Å². The number of nitrogens with one attached hydrogen (secondary N) is 1. The fraction of sp³-hybridized carbons (Fsp3) is 0.125. The van der Waals surface area contributed by atoms with Gasteiger partial charge in [0.15, 0.2) is 9.84 Å². The van der Waals surface area contributed by atoms with Crippen LogP contribution in [-0.4, -0.2) is 20.1 Å². The van der Waals surface area contributed by atoms with Crippen LogP contribution in [0, 0.1) is 11.3 Å². The molecule has 0 spiro atoms. The zero-order valence-electron chi connectivity index (χ0n) is 12.3. The average Bonchev–Trinajstić information content (AvgIpc) is 2.56. The highest BCUT2D eigenvalue weighted by Gasteiger charge is 2.17. The summed E-state index contributed by atoms with van der Waals surface area (Å²) in [4.78, 5) is 11.9. The molecule has 0 bridgehead atoms. The second-order valence-electron chi connectivity index (χ2n) is 4.88. The van der Waals surface area contributed by atoms with Crippen LogP contribution in [0.15, 0.2) is 47.4 Å². The molecule has 2 rings (SSSR count). The molecule has 124 valence electrons. The SMILES string of the molecule is N#Cc1ccc(NC(=O)CCS(=O)(=O)c2ccc(Cl)c(Cl)c2)cc1. The Morgan fingerprint density at radius 2 is 1.75 bits per heavy atom. The predicted molar refractivity (Wildman–Crippen MR) is 92.9 cm³/mol. The van der Waals surface area contributed by atoms with Gasteiger partial charge in [-0.2, -0.15) is 5.26 Å². The maximum atomic E-state index is 12.2. The Morgan fingerprint density at radius 3 is 2.33 bits per heavy atom. The minimum atomic E-state index is -3.64. The average molecular weight is 383 g/mol. The molecule has 0 fully saturated rings. The highest BCUT2D eigenvalue weighted by molar-refractivity contribution is 7.91. The van der Waals surface area contributed by atoms with Crippen molar-refractivity contribution in [2.75, 3.05) is 11.1 Å². The molecule has 0 atom stereocenters. The molecular weight excluding hydrogens is 371 g/mol. The lowest BCUT2D eigenvalue weighted by Gasteiger charge is -2.07. The van der Waals surface area contributed by atoms with Gasteiger partial charge in [0.1, 0.15) is 0 Å². The molecule has 2 aromatic carbocycles. The number of benzene rings is 2. The molecule has 1 N–H and O–H groups in total. The molecule has 0 aliphatic carbocycles. The van der Waals surface area contributed by atoms with Crippen LogP contribution in [0.2, 0.25) is 10.0 Å². The van der Waals surface area contributed by atoms with Crippen LogP contribution in [0.25, 0.3) is 0 Å². The largest absolute Gasteiger partial charge is 0.326 e. The lowest BCUT2D eigenvalue weighted by Crippen LogP contribution is -2.17. The van der Waals surface area contributed by atoms with Crippen molar-refractivity contribution in [2.45, 2.75) is 11.3 Å². The monoisotopic (exact) mass is 382 g/mol. The zero-order chi connectivity index (χ0) is 17.7. The number of carbonyl (C=O) groups is 1. The summed E-state index contributed by atoms with van der Waals surface area (Å²) in [6.07, 6.45) is -0.206. The van der Waals surface area contributed by atoms with Crippen molar-refractivity contribution in [3.8, 4) is 6.07 Å². The molecule has 0 aliphatic heterocycles. The first-order valence-corrected chi connectivity index (χ1v) is 9.20. The van der Waals surface area contributed by atoms with Crippen molar-refractivity contribution in [3.63, 3.8) is 0 Å². The number of nitriles is 1. The molecule has 2 aromatic rings. The number of amides is 1. The van der Waals surface area contributed by atoms with Gasteiger partial charge in [0.25, 0.3) is 0 Å². The van der Waals surface area contributed by atoms with E-state index in [1.165, 1.54) is 18.2 Å². The van der Waals surface area contributed by atoms with Gasteiger partial charge in [-0.15, -0.1) is 0 Å². The number of hydrogen-bond donors (Lipinski definition) is 1. The first-order valence-electron chi connectivity index (χ1n) is 6.79. The molecule has 0 heterocycles. The minimum Gasteiger partial charge on any atom is -0.326 e. The van der Waals surface area contributed by atoms with Crippen LogP contribution in [0.4, 0.5) is 5.69 Å². The van der Waals surface area contributed by atoms with E-state index in [0.717, 1.165) is 0 Å². The molecule has 0 saturated carbocycles. The van der Waals surface area contributed by atoms with Gasteiger partial charge in [0.05, 0.1) is 32.3 Å². The fourth-order valence-electron chi connectivity index (χ4n) is 1.87. The molecule has 0 saturated heterocycles. The summed E-state index contributed by atoms with van der Waals surface area (Å²) in [6, 6.07) is 12.2. The molecule has 0 unspecified atom stereocenters. The zero-order valence-corrected chi connectivity index (χ0v) is 14.6. The first-order chi connectivity index (χ1) is 11.3. The maximum Gasteiger partial charge on any atom is 0.225 e. The van der Waals surface area contributed by atoms with Gasteiger partial charge < -0.3 is 5.32 Å². The highest BCUT2D eigenvalue weighted by atomic mass is 35.5. The van der Waals surface area contributed by atoms with E-state index in [9.17, 15) is 13.2 Å². The second-order valence-corrected chi connectivity index (χ2v) is 7.81. The number of nitrogens with zero attached hydrogens (tertiary/aromatic N) is 1. The van der Waals surface area contributed by atoms with E-state index in [1.807, 2.05) is 6.07 Å². The number of sulfone groups is 1. The third-order valence-corrected chi connectivity index (χ3v) is 5.60. The lowest BCUT2D eigenvalue weighted by molar-refractivity contribution is -0.115. The van der Waals surface area contributed by atoms with Crippen LogP contribution < -0.4 is 5.32 Å². The molecule has 0 aromatic heterocycles. The summed E-state index contributed by atoms with van der Waals surface area (Å²) in [7, 11) is -3.64. The topological polar surface area (TPSA) is 87.0 Å². The van der Waals surface area contributed by atoms with Crippen LogP contribution in [0.3, 0.4) is 0 Å². The number of anilines is 1. The standard InChI is InChI=1S/C16H12Cl2N2O3S/c17-14-6-5-13(9-15(14)18)24(22,23)8-7-16(21)20-12-3-1-11(10-19)2-4-12/h1-6,9H,7-8H2,(H,20,21). The normalized spacial score (nSPS) is 10.9. The summed E-state index contributed by atoms with van der Waals surface area (Å²) in [6.45, 7) is 0. The fourth-order valence-corrected chi connectivity index (χ4v) is 3.49. The van der Waals surface area contributed by atoms with Crippen molar-refractivity contribution >= 4 is 44.6 Å². The summed E-state index contributed by atoms with van der Waals surface area (Å²) in [5, 5.41) is 11.7. The maximum absolute atomic E-state index is 12.2. The van der Waals surface area contributed by atoms with Crippen LogP contribution >= 0.6 is 23.2 Å². The number of halogens is 2. The molecule has 5 nitrogen and oxygen atoms in total. The van der Waals surface area contributed by atoms with Crippen molar-refractivity contribution in [2.24, 2.45) is 0 Å². The predicted octanol–water partition coefficient (Wildman–Crippen LogP) is 3.67. The number of hydrogen-bond acceptors (Lipinski definition) is 4. The number of rotatable bonds is 5. The van der Waals surface area contributed by atoms with Gasteiger partial charge in [-0.25, -0.2) is 8.42 Å². The Balaban J connectivity index is 1.99. The molecule has 0 radical (unpaired) electrons. The molecule has 24 heavy (non-hydrogen) atoms. The Kier molecular flexibility index (Phi) is 5.84. The molecular formula is C16H12Cl2N2O3S. The Bertz CT molecular complexity index is 904. The van der Waals surface area contributed by atoms with E-state index < -0.39 is 15.7 Å². The van der Waals surface area contributed by atoms with Gasteiger partial charge in [-0.05, 0) is 42.5 Å². The van der Waals surface area contributed by atoms with E-state index in [4.69, 9.17) is 28.5 Å². The van der Waals surface area contributed by atoms with Crippen molar-refractivity contribution in [1.82, 2.24) is 0 Å². The van der Waals surface area contributed by atoms with E-state index >= 15 is 0 Å². The highest BCUT2D eigenvalue weighted by Crippen LogP contribution is 2.25. The third-order valence-electron chi connectivity index (χ3n) is 3.15. The second kappa shape index (κ2) is 7.67. The summed E-state index contributed by atoms with van der Waals surface area (Å²) in [5.74, 6) is -0.795. The van der Waals surface area contributed by atoms with Gasteiger partial charge >= 0.3 is 0 Å². The van der Waals surface area contributed by atoms with Gasteiger partial charge in [-0.3, -0.25) is 4.79 Å². The minimum absolute atomic E-state index is 0.0167. The van der Waals surface area contributed by atoms with E-state index in [0.29, 0.717) is 11.3 Å². The van der Waals surface area contributed by atoms with Crippen LogP contribution in [-0.2, 0) is 14.6 Å². The summed E-state index contributed by atoms with van der Waals surface area (Å²) < 4.78 is 24.4. The summed E-state index contributed by atoms with van der Waals surface area (Å²) >= 11 is 11.6. The van der Waals surface area contributed by atoms with Crippen molar-refractivity contribution in [1.29, 1.82) is 5.26 Å². The van der Waals surface area contributed by atoms with Crippen molar-refractivity contribution in [3.05, 3.63) is 58.1 Å². The van der Waals surface area contributed by atoms with Gasteiger partial charge in [0, 0.05) is 12.1 Å². The Hall–Kier alpha value is -2.07. The summed E-state index contributed by atoms with van der Waals surface area (Å²) in [5.41, 5.74) is 0.959. The smallest absolute Gasteiger partial charge is 0.225 e. The van der Waals surface area contributed by atoms with Gasteiger partial charge in [0.2, 0.25) is 5.91 Å². The molecule has 8 heteroatoms. The Morgan fingerprint density at radius 1 is 1.08 bits per heavy atom. The Labute approximate surface area is 149 Å². The third kappa shape index (κ3) is 4.71. The first kappa shape index (κ1) is 18.3. The lowest BCUT2D eigenvalue weighted by atomic mass is 10.2. The van der Waals surface area contributed by atoms with Crippen LogP contribution in [0.5, 0.6) is 0 Å². The van der Waals surface area contributed by atoms with E-state index in [2.05, 4.69) is 5.32 Å². The van der Waals surface area contributed by atoms with Crippen LogP contribution in [0.1, 0.15) is 12.0 Å².